The van der Waals surface area contributed by atoms with Gasteiger partial charge in [-0.1, -0.05) is 12.0 Å². The molecule has 5 heteroatoms. The first-order chi connectivity index (χ1) is 7.29. The average molecular weight is 230 g/mol. The van der Waals surface area contributed by atoms with E-state index in [0.29, 0.717) is 11.9 Å². The summed E-state index contributed by atoms with van der Waals surface area (Å²) in [6.07, 6.45) is 3.67. The van der Waals surface area contributed by atoms with Crippen molar-refractivity contribution in [3.63, 3.8) is 0 Å². The van der Waals surface area contributed by atoms with E-state index in [1.807, 2.05) is 0 Å². The number of aromatic nitrogens is 2. The summed E-state index contributed by atoms with van der Waals surface area (Å²) in [6.45, 7) is 4.31. The third kappa shape index (κ3) is 2.62. The van der Waals surface area contributed by atoms with Crippen LogP contribution in [0.1, 0.15) is 32.1 Å². The van der Waals surface area contributed by atoms with E-state index in [9.17, 15) is 0 Å². The summed E-state index contributed by atoms with van der Waals surface area (Å²) in [5, 5.41) is 7.87. The minimum atomic E-state index is 0.289. The molecule has 1 aliphatic heterocycles. The first kappa shape index (κ1) is 10.7. The SMILES string of the molecule is CC1CCCN(c2nnc(CCl)o2)CC1. The van der Waals surface area contributed by atoms with Gasteiger partial charge in [-0.15, -0.1) is 16.7 Å². The van der Waals surface area contributed by atoms with E-state index in [4.69, 9.17) is 16.0 Å². The van der Waals surface area contributed by atoms with E-state index in [2.05, 4.69) is 22.0 Å². The van der Waals surface area contributed by atoms with Crippen molar-refractivity contribution in [1.29, 1.82) is 0 Å². The molecule has 1 aromatic heterocycles. The third-order valence-electron chi connectivity index (χ3n) is 2.86. The first-order valence-corrected chi connectivity index (χ1v) is 5.96. The van der Waals surface area contributed by atoms with Crippen molar-refractivity contribution in [2.45, 2.75) is 32.1 Å². The Morgan fingerprint density at radius 2 is 2.27 bits per heavy atom. The Morgan fingerprint density at radius 1 is 1.40 bits per heavy atom. The summed E-state index contributed by atoms with van der Waals surface area (Å²) < 4.78 is 5.43. The molecule has 0 spiro atoms. The maximum absolute atomic E-state index is 5.62. The average Bonchev–Trinajstić information content (AvgIpc) is 2.62. The maximum atomic E-state index is 5.62. The van der Waals surface area contributed by atoms with E-state index in [0.717, 1.165) is 19.0 Å². The molecule has 2 rings (SSSR count). The Morgan fingerprint density at radius 3 is 3.00 bits per heavy atom. The van der Waals surface area contributed by atoms with Gasteiger partial charge in [0.1, 0.15) is 5.88 Å². The van der Waals surface area contributed by atoms with Crippen molar-refractivity contribution in [1.82, 2.24) is 10.2 Å². The van der Waals surface area contributed by atoms with Gasteiger partial charge >= 0.3 is 6.01 Å². The zero-order chi connectivity index (χ0) is 10.7. The van der Waals surface area contributed by atoms with Crippen LogP contribution in [0.5, 0.6) is 0 Å². The Kier molecular flexibility index (Phi) is 3.46. The normalized spacial score (nSPS) is 22.8. The van der Waals surface area contributed by atoms with Gasteiger partial charge in [-0.3, -0.25) is 0 Å². The first-order valence-electron chi connectivity index (χ1n) is 5.43. The number of nitrogens with zero attached hydrogens (tertiary/aromatic N) is 3. The van der Waals surface area contributed by atoms with Crippen molar-refractivity contribution in [2.75, 3.05) is 18.0 Å². The Hall–Kier alpha value is -0.770. The lowest BCUT2D eigenvalue weighted by molar-refractivity contribution is 0.495. The van der Waals surface area contributed by atoms with Gasteiger partial charge in [-0.25, -0.2) is 0 Å². The van der Waals surface area contributed by atoms with Gasteiger partial charge < -0.3 is 9.32 Å². The quantitative estimate of drug-likeness (QED) is 0.731. The number of hydrogen-bond donors (Lipinski definition) is 0. The van der Waals surface area contributed by atoms with E-state index in [1.165, 1.54) is 19.3 Å². The highest BCUT2D eigenvalue weighted by molar-refractivity contribution is 6.16. The predicted octanol–water partition coefficient (Wildman–Crippen LogP) is 2.43. The zero-order valence-electron chi connectivity index (χ0n) is 8.95. The van der Waals surface area contributed by atoms with Crippen LogP contribution >= 0.6 is 11.6 Å². The standard InChI is InChI=1S/C10H16ClN3O/c1-8-3-2-5-14(6-4-8)10-13-12-9(7-11)15-10/h8H,2-7H2,1H3. The molecule has 0 saturated carbocycles. The Bertz CT molecular complexity index is 315. The van der Waals surface area contributed by atoms with Crippen LogP contribution in [-0.4, -0.2) is 23.3 Å². The fourth-order valence-corrected chi connectivity index (χ4v) is 1.99. The van der Waals surface area contributed by atoms with Crippen LogP contribution in [0.25, 0.3) is 0 Å². The molecule has 1 aliphatic rings. The van der Waals surface area contributed by atoms with Crippen LogP contribution in [0.2, 0.25) is 0 Å². The monoisotopic (exact) mass is 229 g/mol. The van der Waals surface area contributed by atoms with Gasteiger partial charge in [0.15, 0.2) is 0 Å². The molecule has 1 aromatic rings. The lowest BCUT2D eigenvalue weighted by atomic mass is 10.0. The molecule has 0 N–H and O–H groups in total. The van der Waals surface area contributed by atoms with Gasteiger partial charge in [-0.2, -0.15) is 0 Å². The van der Waals surface area contributed by atoms with Crippen LogP contribution in [0.15, 0.2) is 4.42 Å². The van der Waals surface area contributed by atoms with E-state index in [-0.39, 0.29) is 5.88 Å². The highest BCUT2D eigenvalue weighted by Gasteiger charge is 2.18. The number of halogens is 1. The second-order valence-electron chi connectivity index (χ2n) is 4.14. The van der Waals surface area contributed by atoms with Gasteiger partial charge in [0.2, 0.25) is 5.89 Å². The zero-order valence-corrected chi connectivity index (χ0v) is 9.70. The second kappa shape index (κ2) is 4.84. The van der Waals surface area contributed by atoms with E-state index >= 15 is 0 Å². The number of anilines is 1. The van der Waals surface area contributed by atoms with Gasteiger partial charge in [0.05, 0.1) is 0 Å². The summed E-state index contributed by atoms with van der Waals surface area (Å²) in [5.41, 5.74) is 0. The van der Waals surface area contributed by atoms with Crippen molar-refractivity contribution >= 4 is 17.6 Å². The lowest BCUT2D eigenvalue weighted by Crippen LogP contribution is -2.24. The minimum absolute atomic E-state index is 0.289. The molecule has 1 fully saturated rings. The van der Waals surface area contributed by atoms with Crippen molar-refractivity contribution in [3.8, 4) is 0 Å². The minimum Gasteiger partial charge on any atom is -0.407 e. The summed E-state index contributed by atoms with van der Waals surface area (Å²) in [5.74, 6) is 1.59. The van der Waals surface area contributed by atoms with Crippen LogP contribution in [0, 0.1) is 5.92 Å². The molecule has 2 heterocycles. The predicted molar refractivity (Wildman–Crippen MR) is 59.1 cm³/mol. The molecule has 15 heavy (non-hydrogen) atoms. The summed E-state index contributed by atoms with van der Waals surface area (Å²) in [4.78, 5) is 2.16. The Labute approximate surface area is 94.6 Å². The molecule has 4 nitrogen and oxygen atoms in total. The largest absolute Gasteiger partial charge is 0.407 e. The molecule has 0 aliphatic carbocycles. The fourth-order valence-electron chi connectivity index (χ4n) is 1.88. The topological polar surface area (TPSA) is 42.2 Å². The molecule has 84 valence electrons. The number of rotatable bonds is 2. The van der Waals surface area contributed by atoms with Crippen molar-refractivity contribution in [2.24, 2.45) is 5.92 Å². The molecule has 1 saturated heterocycles. The van der Waals surface area contributed by atoms with Crippen LogP contribution < -0.4 is 4.90 Å². The highest BCUT2D eigenvalue weighted by Crippen LogP contribution is 2.21. The number of alkyl halides is 1. The summed E-state index contributed by atoms with van der Waals surface area (Å²) >= 11 is 5.62. The lowest BCUT2D eigenvalue weighted by Gasteiger charge is -2.16. The van der Waals surface area contributed by atoms with Gasteiger partial charge in [-0.05, 0) is 25.2 Å². The molecule has 0 amide bonds. The molecule has 0 radical (unpaired) electrons. The third-order valence-corrected chi connectivity index (χ3v) is 3.09. The molecule has 0 aromatic carbocycles. The Balaban J connectivity index is 2.03. The number of hydrogen-bond acceptors (Lipinski definition) is 4. The smallest absolute Gasteiger partial charge is 0.318 e. The summed E-state index contributed by atoms with van der Waals surface area (Å²) in [7, 11) is 0. The fraction of sp³-hybridized carbons (Fsp3) is 0.800. The van der Waals surface area contributed by atoms with Crippen LogP contribution in [0.4, 0.5) is 6.01 Å². The highest BCUT2D eigenvalue weighted by atomic mass is 35.5. The van der Waals surface area contributed by atoms with E-state index in [1.54, 1.807) is 0 Å². The molecular formula is C10H16ClN3O. The van der Waals surface area contributed by atoms with Crippen molar-refractivity contribution in [3.05, 3.63) is 5.89 Å². The van der Waals surface area contributed by atoms with Gasteiger partial charge in [0.25, 0.3) is 0 Å². The van der Waals surface area contributed by atoms with Crippen LogP contribution in [0.3, 0.4) is 0 Å². The molecule has 1 unspecified atom stereocenters. The molecule has 0 bridgehead atoms. The second-order valence-corrected chi connectivity index (χ2v) is 4.40. The van der Waals surface area contributed by atoms with Gasteiger partial charge in [0, 0.05) is 13.1 Å². The van der Waals surface area contributed by atoms with Crippen LogP contribution in [-0.2, 0) is 5.88 Å². The van der Waals surface area contributed by atoms with E-state index < -0.39 is 0 Å². The molecule has 1 atom stereocenters. The summed E-state index contributed by atoms with van der Waals surface area (Å²) in [6, 6.07) is 0.625. The maximum Gasteiger partial charge on any atom is 0.318 e. The van der Waals surface area contributed by atoms with Crippen molar-refractivity contribution < 1.29 is 4.42 Å². The molecular weight excluding hydrogens is 214 g/mol.